The molecule has 67 heavy (non-hydrogen) atoms. The second-order valence-electron chi connectivity index (χ2n) is 18.4. The van der Waals surface area contributed by atoms with Gasteiger partial charge in [0.15, 0.2) is 0 Å². The molecule has 0 unspecified atom stereocenters. The van der Waals surface area contributed by atoms with Gasteiger partial charge in [0, 0.05) is 49.3 Å². The summed E-state index contributed by atoms with van der Waals surface area (Å²) in [6, 6.07) is 78.8. The molecule has 10 aromatic carbocycles. The highest BCUT2D eigenvalue weighted by molar-refractivity contribution is 6.18. The van der Waals surface area contributed by atoms with E-state index in [1.165, 1.54) is 44.1 Å². The van der Waals surface area contributed by atoms with Crippen molar-refractivity contribution in [3.05, 3.63) is 230 Å². The number of furan rings is 2. The molecule has 0 aliphatic heterocycles. The van der Waals surface area contributed by atoms with Gasteiger partial charge in [0.2, 0.25) is 0 Å². The Hall–Kier alpha value is -8.60. The van der Waals surface area contributed by atoms with Gasteiger partial charge in [-0.2, -0.15) is 0 Å². The highest BCUT2D eigenvalue weighted by Crippen LogP contribution is 2.56. The summed E-state index contributed by atoms with van der Waals surface area (Å²) in [5, 5.41) is 6.85. The van der Waals surface area contributed by atoms with E-state index in [1.807, 2.05) is 6.07 Å². The van der Waals surface area contributed by atoms with Gasteiger partial charge in [0.25, 0.3) is 0 Å². The number of rotatable bonds is 6. The number of nitrogens with zero attached hydrogens (tertiary/aromatic N) is 2. The van der Waals surface area contributed by atoms with Crippen LogP contribution < -0.4 is 4.90 Å². The summed E-state index contributed by atoms with van der Waals surface area (Å²) in [5.41, 5.74) is 19.4. The average Bonchev–Trinajstić information content (AvgIpc) is 4.12. The Morgan fingerprint density at radius 3 is 1.78 bits per heavy atom. The molecule has 14 rings (SSSR count). The maximum absolute atomic E-state index is 7.09. The number of hydrogen-bond donors (Lipinski definition) is 0. The van der Waals surface area contributed by atoms with E-state index in [-0.39, 0.29) is 5.41 Å². The maximum Gasteiger partial charge on any atom is 0.145 e. The molecule has 0 N–H and O–H groups in total. The van der Waals surface area contributed by atoms with Crippen molar-refractivity contribution in [2.24, 2.45) is 0 Å². The number of benzene rings is 10. The first-order valence-electron chi connectivity index (χ1n) is 23.1. The van der Waals surface area contributed by atoms with Gasteiger partial charge < -0.3 is 18.3 Å². The van der Waals surface area contributed by atoms with Crippen LogP contribution in [0, 0.1) is 0 Å². The summed E-state index contributed by atoms with van der Waals surface area (Å²) in [6.45, 7) is 4.74. The van der Waals surface area contributed by atoms with Crippen LogP contribution in [0.25, 0.3) is 105 Å². The zero-order valence-corrected chi connectivity index (χ0v) is 37.0. The fourth-order valence-corrected chi connectivity index (χ4v) is 11.5. The van der Waals surface area contributed by atoms with Crippen molar-refractivity contribution in [3.8, 4) is 39.1 Å². The standard InChI is InChI=1S/C63H42N2O2/c1-63(2)51-28-8-3-21-45(51)48-27-15-31-55(61(48)63)65(42-20-13-17-39(37-42)43-26-16-34-58-59(43)49-24-6-11-32-56(49)66-58)54-36-35-44(62-60(54)50-25-7-12-33-57(50)67-62)40-18-14-19-41(38-40)64-52-29-9-4-22-46(52)47-23-5-10-30-53(47)64/h3-38H,1-2H3. The Bertz CT molecular complexity index is 4110. The summed E-state index contributed by atoms with van der Waals surface area (Å²) in [5.74, 6) is 0. The normalized spacial score (nSPS) is 13.0. The second-order valence-corrected chi connectivity index (χ2v) is 18.4. The van der Waals surface area contributed by atoms with Crippen molar-refractivity contribution in [3.63, 3.8) is 0 Å². The average molecular weight is 859 g/mol. The lowest BCUT2D eigenvalue weighted by Gasteiger charge is -2.33. The molecule has 4 nitrogen and oxygen atoms in total. The van der Waals surface area contributed by atoms with Crippen molar-refractivity contribution in [1.29, 1.82) is 0 Å². The van der Waals surface area contributed by atoms with Crippen LogP contribution in [0.5, 0.6) is 0 Å². The minimum Gasteiger partial charge on any atom is -0.456 e. The van der Waals surface area contributed by atoms with E-state index < -0.39 is 0 Å². The second kappa shape index (κ2) is 14.2. The molecule has 0 saturated heterocycles. The Morgan fingerprint density at radius 2 is 0.985 bits per heavy atom. The summed E-state index contributed by atoms with van der Waals surface area (Å²) in [7, 11) is 0. The molecule has 13 aromatic rings. The molecule has 4 heteroatoms. The van der Waals surface area contributed by atoms with Crippen LogP contribution in [0.2, 0.25) is 0 Å². The zero-order chi connectivity index (χ0) is 44.4. The number of aromatic nitrogens is 1. The monoisotopic (exact) mass is 858 g/mol. The van der Waals surface area contributed by atoms with Gasteiger partial charge >= 0.3 is 0 Å². The molecule has 1 aliphatic carbocycles. The molecule has 0 spiro atoms. The topological polar surface area (TPSA) is 34.5 Å². The predicted octanol–water partition coefficient (Wildman–Crippen LogP) is 17.7. The zero-order valence-electron chi connectivity index (χ0n) is 37.0. The number of hydrogen-bond acceptors (Lipinski definition) is 3. The van der Waals surface area contributed by atoms with Gasteiger partial charge in [-0.25, -0.2) is 0 Å². The Balaban J connectivity index is 1.03. The molecule has 0 saturated carbocycles. The van der Waals surface area contributed by atoms with E-state index >= 15 is 0 Å². The van der Waals surface area contributed by atoms with E-state index in [0.29, 0.717) is 0 Å². The van der Waals surface area contributed by atoms with Gasteiger partial charge in [-0.1, -0.05) is 159 Å². The fraction of sp³-hybridized carbons (Fsp3) is 0.0476. The molecule has 1 aliphatic rings. The van der Waals surface area contributed by atoms with E-state index in [4.69, 9.17) is 8.83 Å². The molecule has 0 amide bonds. The predicted molar refractivity (Wildman–Crippen MR) is 278 cm³/mol. The molecule has 0 radical (unpaired) electrons. The fourth-order valence-electron chi connectivity index (χ4n) is 11.5. The third-order valence-electron chi connectivity index (χ3n) is 14.4. The lowest BCUT2D eigenvalue weighted by atomic mass is 9.81. The molecule has 316 valence electrons. The van der Waals surface area contributed by atoms with Gasteiger partial charge in [0.05, 0.1) is 27.8 Å². The minimum atomic E-state index is -0.273. The lowest BCUT2D eigenvalue weighted by molar-refractivity contribution is 0.661. The largest absolute Gasteiger partial charge is 0.456 e. The van der Waals surface area contributed by atoms with Crippen molar-refractivity contribution >= 4 is 82.7 Å². The van der Waals surface area contributed by atoms with Crippen LogP contribution in [0.15, 0.2) is 227 Å². The van der Waals surface area contributed by atoms with Crippen LogP contribution in [0.4, 0.5) is 17.1 Å². The smallest absolute Gasteiger partial charge is 0.145 e. The van der Waals surface area contributed by atoms with Crippen molar-refractivity contribution in [2.45, 2.75) is 19.3 Å². The summed E-state index contributed by atoms with van der Waals surface area (Å²) in [4.78, 5) is 2.49. The molecule has 0 bridgehead atoms. The van der Waals surface area contributed by atoms with Crippen LogP contribution >= 0.6 is 0 Å². The lowest BCUT2D eigenvalue weighted by Crippen LogP contribution is -2.20. The van der Waals surface area contributed by atoms with Gasteiger partial charge in [-0.05, 0) is 112 Å². The first-order chi connectivity index (χ1) is 33.0. The third kappa shape index (κ3) is 5.47. The Labute approximate surface area is 387 Å². The number of anilines is 3. The molecular formula is C63H42N2O2. The number of para-hydroxylation sites is 4. The Morgan fingerprint density at radius 1 is 0.403 bits per heavy atom. The first kappa shape index (κ1) is 37.7. The van der Waals surface area contributed by atoms with Gasteiger partial charge in [-0.15, -0.1) is 0 Å². The van der Waals surface area contributed by atoms with E-state index in [2.05, 4.69) is 236 Å². The molecular weight excluding hydrogens is 817 g/mol. The van der Waals surface area contributed by atoms with Crippen molar-refractivity contribution in [2.75, 3.05) is 4.90 Å². The van der Waals surface area contributed by atoms with E-state index in [1.54, 1.807) is 0 Å². The van der Waals surface area contributed by atoms with E-state index in [0.717, 1.165) is 88.9 Å². The SMILES string of the molecule is CC1(C)c2ccccc2-c2cccc(N(c3cccc(-c4cccc5oc6ccccc6c45)c3)c3ccc(-c4cccc(-n5c6ccccc6c6ccccc65)c4)c4oc5ccccc5c34)c21. The highest BCUT2D eigenvalue weighted by Gasteiger charge is 2.39. The van der Waals surface area contributed by atoms with Gasteiger partial charge in [0.1, 0.15) is 22.3 Å². The molecule has 3 heterocycles. The third-order valence-corrected chi connectivity index (χ3v) is 14.4. The quantitative estimate of drug-likeness (QED) is 0.167. The number of fused-ring (bicyclic) bond motifs is 12. The maximum atomic E-state index is 7.09. The van der Waals surface area contributed by atoms with Crippen molar-refractivity contribution in [1.82, 2.24) is 4.57 Å². The molecule has 3 aromatic heterocycles. The van der Waals surface area contributed by atoms with Crippen LogP contribution in [-0.2, 0) is 5.41 Å². The van der Waals surface area contributed by atoms with E-state index in [9.17, 15) is 0 Å². The van der Waals surface area contributed by atoms with Crippen molar-refractivity contribution < 1.29 is 8.83 Å². The first-order valence-corrected chi connectivity index (χ1v) is 23.1. The molecule has 0 atom stereocenters. The van der Waals surface area contributed by atoms with Crippen LogP contribution in [0.1, 0.15) is 25.0 Å². The summed E-state index contributed by atoms with van der Waals surface area (Å²) < 4.78 is 15.9. The summed E-state index contributed by atoms with van der Waals surface area (Å²) >= 11 is 0. The Kier molecular flexibility index (Phi) is 8.00. The van der Waals surface area contributed by atoms with Crippen LogP contribution in [-0.4, -0.2) is 4.57 Å². The highest BCUT2D eigenvalue weighted by atomic mass is 16.3. The summed E-state index contributed by atoms with van der Waals surface area (Å²) in [6.07, 6.45) is 0. The van der Waals surface area contributed by atoms with Gasteiger partial charge in [-0.3, -0.25) is 0 Å². The minimum absolute atomic E-state index is 0.273. The van der Waals surface area contributed by atoms with Crippen LogP contribution in [0.3, 0.4) is 0 Å². The molecule has 0 fully saturated rings.